The minimum absolute atomic E-state index is 0.289. The molecule has 150 valence electrons. The topological polar surface area (TPSA) is 43.3 Å². The Morgan fingerprint density at radius 1 is 1.22 bits per heavy atom. The van der Waals surface area contributed by atoms with Gasteiger partial charge in [-0.25, -0.2) is 0 Å². The van der Waals surface area contributed by atoms with Crippen LogP contribution in [0.5, 0.6) is 0 Å². The van der Waals surface area contributed by atoms with E-state index in [0.717, 1.165) is 58.4 Å². The van der Waals surface area contributed by atoms with Crippen molar-refractivity contribution >= 4 is 5.96 Å². The average molecular weight is 374 g/mol. The number of hydrogen-bond donors (Lipinski definition) is 1. The number of nitrogens with zero attached hydrogens (tertiary/aromatic N) is 4. The maximum absolute atomic E-state index is 5.51. The Morgan fingerprint density at radius 2 is 1.96 bits per heavy atom. The Labute approximate surface area is 164 Å². The monoisotopic (exact) mass is 373 g/mol. The summed E-state index contributed by atoms with van der Waals surface area (Å²) < 4.78 is 5.51. The summed E-state index contributed by atoms with van der Waals surface area (Å²) in [5.74, 6) is 1.05. The van der Waals surface area contributed by atoms with Gasteiger partial charge in [-0.1, -0.05) is 30.3 Å². The molecule has 2 saturated heterocycles. The van der Waals surface area contributed by atoms with E-state index in [2.05, 4.69) is 71.4 Å². The van der Waals surface area contributed by atoms with Crippen molar-refractivity contribution in [2.24, 2.45) is 4.99 Å². The summed E-state index contributed by atoms with van der Waals surface area (Å²) in [6, 6.07) is 11.6. The molecule has 2 unspecified atom stereocenters. The van der Waals surface area contributed by atoms with Crippen LogP contribution in [0.2, 0.25) is 0 Å². The number of benzene rings is 1. The van der Waals surface area contributed by atoms with E-state index in [1.807, 2.05) is 0 Å². The van der Waals surface area contributed by atoms with Crippen LogP contribution in [0.15, 0.2) is 35.3 Å². The normalized spacial score (nSPS) is 23.0. The van der Waals surface area contributed by atoms with Crippen molar-refractivity contribution in [2.75, 3.05) is 66.6 Å². The van der Waals surface area contributed by atoms with E-state index < -0.39 is 0 Å². The van der Waals surface area contributed by atoms with Crippen LogP contribution in [-0.2, 0) is 4.74 Å². The molecule has 0 saturated carbocycles. The predicted molar refractivity (Wildman–Crippen MR) is 111 cm³/mol. The first-order chi connectivity index (χ1) is 13.2. The van der Waals surface area contributed by atoms with Crippen molar-refractivity contribution in [2.45, 2.75) is 25.4 Å². The molecule has 2 fully saturated rings. The number of hydrogen-bond acceptors (Lipinski definition) is 4. The van der Waals surface area contributed by atoms with Crippen LogP contribution in [0.3, 0.4) is 0 Å². The number of nitrogens with one attached hydrogen (secondary N) is 1. The zero-order valence-electron chi connectivity index (χ0n) is 17.1. The van der Waals surface area contributed by atoms with Gasteiger partial charge in [-0.3, -0.25) is 9.89 Å². The van der Waals surface area contributed by atoms with Gasteiger partial charge in [0, 0.05) is 38.8 Å². The lowest BCUT2D eigenvalue weighted by Crippen LogP contribution is -2.46. The van der Waals surface area contributed by atoms with Gasteiger partial charge >= 0.3 is 0 Å². The fraction of sp³-hybridized carbons (Fsp3) is 0.667. The van der Waals surface area contributed by atoms with Crippen LogP contribution in [-0.4, -0.2) is 93.3 Å². The minimum atomic E-state index is 0.289. The molecule has 6 heteroatoms. The zero-order chi connectivity index (χ0) is 19.1. The fourth-order valence-corrected chi connectivity index (χ4v) is 4.02. The highest BCUT2D eigenvalue weighted by Gasteiger charge is 2.30. The van der Waals surface area contributed by atoms with Crippen LogP contribution in [0.4, 0.5) is 0 Å². The van der Waals surface area contributed by atoms with Crippen LogP contribution >= 0.6 is 0 Å². The van der Waals surface area contributed by atoms with E-state index >= 15 is 0 Å². The highest BCUT2D eigenvalue weighted by Crippen LogP contribution is 2.20. The number of guanidine groups is 1. The van der Waals surface area contributed by atoms with Crippen molar-refractivity contribution in [3.8, 4) is 0 Å². The van der Waals surface area contributed by atoms with Crippen LogP contribution in [0.25, 0.3) is 0 Å². The fourth-order valence-electron chi connectivity index (χ4n) is 4.02. The molecule has 0 amide bonds. The second-order valence-corrected chi connectivity index (χ2v) is 7.62. The first kappa shape index (κ1) is 20.1. The molecule has 2 heterocycles. The van der Waals surface area contributed by atoms with Gasteiger partial charge in [-0.2, -0.15) is 0 Å². The number of rotatable bonds is 6. The lowest BCUT2D eigenvalue weighted by atomic mass is 10.1. The van der Waals surface area contributed by atoms with E-state index in [0.29, 0.717) is 6.04 Å². The van der Waals surface area contributed by atoms with E-state index in [-0.39, 0.29) is 6.04 Å². The lowest BCUT2D eigenvalue weighted by Gasteiger charge is -2.32. The van der Waals surface area contributed by atoms with E-state index in [1.165, 1.54) is 12.0 Å². The quantitative estimate of drug-likeness (QED) is 0.607. The molecule has 1 aromatic carbocycles. The van der Waals surface area contributed by atoms with E-state index in [9.17, 15) is 0 Å². The molecule has 0 aromatic heterocycles. The summed E-state index contributed by atoms with van der Waals surface area (Å²) in [5.41, 5.74) is 1.31. The maximum Gasteiger partial charge on any atom is 0.194 e. The second-order valence-electron chi connectivity index (χ2n) is 7.62. The van der Waals surface area contributed by atoms with Crippen LogP contribution < -0.4 is 5.32 Å². The molecule has 27 heavy (non-hydrogen) atoms. The number of ether oxygens (including phenoxy) is 1. The lowest BCUT2D eigenvalue weighted by molar-refractivity contribution is 0.0195. The largest absolute Gasteiger partial charge is 0.379 e. The summed E-state index contributed by atoms with van der Waals surface area (Å²) in [6.45, 7) is 9.79. The standard InChI is InChI=1S/C21H35N5O/c1-4-22-21(23-16-20(24(2)3)18-8-6-5-7-9-18)26-11-10-19(17-26)25-12-14-27-15-13-25/h5-9,19-20H,4,10-17H2,1-3H3,(H,22,23). The van der Waals surface area contributed by atoms with Gasteiger partial charge in [0.15, 0.2) is 5.96 Å². The summed E-state index contributed by atoms with van der Waals surface area (Å²) in [6.07, 6.45) is 1.21. The number of likely N-dealkylation sites (tertiary alicyclic amines) is 1. The molecular formula is C21H35N5O. The molecule has 2 aliphatic heterocycles. The SMILES string of the molecule is CCNC(=NCC(c1ccccc1)N(C)C)N1CCC(N2CCOCC2)C1. The third-order valence-corrected chi connectivity index (χ3v) is 5.58. The van der Waals surface area contributed by atoms with E-state index in [1.54, 1.807) is 0 Å². The van der Waals surface area contributed by atoms with Gasteiger partial charge in [0.1, 0.15) is 0 Å². The molecule has 0 bridgehead atoms. The molecule has 6 nitrogen and oxygen atoms in total. The third-order valence-electron chi connectivity index (χ3n) is 5.58. The summed E-state index contributed by atoms with van der Waals surface area (Å²) in [7, 11) is 4.26. The Kier molecular flexibility index (Phi) is 7.50. The maximum atomic E-state index is 5.51. The number of aliphatic imine (C=N–C) groups is 1. The van der Waals surface area contributed by atoms with Gasteiger partial charge < -0.3 is 19.9 Å². The Morgan fingerprint density at radius 3 is 2.63 bits per heavy atom. The highest BCUT2D eigenvalue weighted by atomic mass is 16.5. The van der Waals surface area contributed by atoms with Crippen molar-refractivity contribution in [1.29, 1.82) is 0 Å². The molecule has 1 aromatic rings. The average Bonchev–Trinajstić information content (AvgIpc) is 3.19. The summed E-state index contributed by atoms with van der Waals surface area (Å²) in [5, 5.41) is 3.51. The molecule has 0 spiro atoms. The zero-order valence-corrected chi connectivity index (χ0v) is 17.1. The van der Waals surface area contributed by atoms with Gasteiger partial charge in [0.25, 0.3) is 0 Å². The minimum Gasteiger partial charge on any atom is -0.379 e. The molecule has 2 aliphatic rings. The smallest absolute Gasteiger partial charge is 0.194 e. The first-order valence-electron chi connectivity index (χ1n) is 10.3. The van der Waals surface area contributed by atoms with Gasteiger partial charge in [0.05, 0.1) is 25.8 Å². The van der Waals surface area contributed by atoms with Gasteiger partial charge in [0.2, 0.25) is 0 Å². The van der Waals surface area contributed by atoms with Crippen LogP contribution in [0, 0.1) is 0 Å². The first-order valence-corrected chi connectivity index (χ1v) is 10.3. The molecule has 0 radical (unpaired) electrons. The Bertz CT molecular complexity index is 585. The number of likely N-dealkylation sites (N-methyl/N-ethyl adjacent to an activating group) is 1. The molecule has 1 N–H and O–H groups in total. The molecular weight excluding hydrogens is 338 g/mol. The Hall–Kier alpha value is -1.63. The Balaban J connectivity index is 1.65. The summed E-state index contributed by atoms with van der Waals surface area (Å²) in [4.78, 5) is 12.3. The highest BCUT2D eigenvalue weighted by molar-refractivity contribution is 5.80. The molecule has 2 atom stereocenters. The van der Waals surface area contributed by atoms with Gasteiger partial charge in [-0.05, 0) is 33.0 Å². The van der Waals surface area contributed by atoms with Crippen molar-refractivity contribution in [1.82, 2.24) is 20.0 Å². The molecule has 0 aliphatic carbocycles. The van der Waals surface area contributed by atoms with Crippen molar-refractivity contribution < 1.29 is 4.74 Å². The van der Waals surface area contributed by atoms with Crippen molar-refractivity contribution in [3.05, 3.63) is 35.9 Å². The van der Waals surface area contributed by atoms with Gasteiger partial charge in [-0.15, -0.1) is 0 Å². The van der Waals surface area contributed by atoms with Crippen LogP contribution in [0.1, 0.15) is 24.9 Å². The third kappa shape index (κ3) is 5.43. The van der Waals surface area contributed by atoms with E-state index in [4.69, 9.17) is 9.73 Å². The summed E-state index contributed by atoms with van der Waals surface area (Å²) >= 11 is 0. The molecule has 3 rings (SSSR count). The number of morpholine rings is 1. The van der Waals surface area contributed by atoms with Crippen molar-refractivity contribution in [3.63, 3.8) is 0 Å². The second kappa shape index (κ2) is 10.1. The predicted octanol–water partition coefficient (Wildman–Crippen LogP) is 1.66.